The van der Waals surface area contributed by atoms with E-state index < -0.39 is 5.82 Å². The van der Waals surface area contributed by atoms with E-state index in [9.17, 15) is 4.39 Å². The largest absolute Gasteiger partial charge is 0.377 e. The molecule has 0 atom stereocenters. The van der Waals surface area contributed by atoms with Crippen LogP contribution in [0.4, 0.5) is 10.1 Å². The van der Waals surface area contributed by atoms with Crippen molar-refractivity contribution in [3.8, 4) is 6.07 Å². The molecule has 1 rings (SSSR count). The van der Waals surface area contributed by atoms with Gasteiger partial charge in [-0.1, -0.05) is 0 Å². The van der Waals surface area contributed by atoms with Crippen molar-refractivity contribution >= 4 is 5.69 Å². The Labute approximate surface area is 101 Å². The van der Waals surface area contributed by atoms with Crippen molar-refractivity contribution in [3.05, 3.63) is 29.6 Å². The predicted octanol–water partition coefficient (Wildman–Crippen LogP) is 2.56. The normalized spacial score (nSPS) is 10.4. The number of nitriles is 1. The summed E-state index contributed by atoms with van der Waals surface area (Å²) in [5, 5.41) is 8.63. The van der Waals surface area contributed by atoms with Crippen molar-refractivity contribution < 1.29 is 9.13 Å². The van der Waals surface area contributed by atoms with Crippen molar-refractivity contribution in [2.24, 2.45) is 0 Å². The first-order valence-corrected chi connectivity index (χ1v) is 5.57. The molecule has 4 heteroatoms. The van der Waals surface area contributed by atoms with E-state index in [1.165, 1.54) is 12.1 Å². The van der Waals surface area contributed by atoms with Crippen LogP contribution in [0.15, 0.2) is 18.2 Å². The zero-order chi connectivity index (χ0) is 12.8. The van der Waals surface area contributed by atoms with Gasteiger partial charge in [-0.15, -0.1) is 0 Å². The average molecular weight is 236 g/mol. The van der Waals surface area contributed by atoms with Crippen LogP contribution in [0.3, 0.4) is 0 Å². The SMILES string of the molecule is CC(C)OCCN(C)c1ccc(C#N)c(F)c1. The Balaban J connectivity index is 2.61. The molecule has 92 valence electrons. The number of halogens is 1. The molecule has 0 heterocycles. The summed E-state index contributed by atoms with van der Waals surface area (Å²) in [5.74, 6) is -0.485. The molecule has 0 fully saturated rings. The van der Waals surface area contributed by atoms with Crippen LogP contribution in [0.25, 0.3) is 0 Å². The Morgan fingerprint density at radius 3 is 2.71 bits per heavy atom. The molecule has 1 aromatic carbocycles. The van der Waals surface area contributed by atoms with Gasteiger partial charge in [0.15, 0.2) is 0 Å². The summed E-state index contributed by atoms with van der Waals surface area (Å²) in [6.07, 6.45) is 0.195. The first kappa shape index (κ1) is 13.5. The minimum Gasteiger partial charge on any atom is -0.377 e. The van der Waals surface area contributed by atoms with Gasteiger partial charge >= 0.3 is 0 Å². The Kier molecular flexibility index (Phi) is 4.92. The van der Waals surface area contributed by atoms with Crippen molar-refractivity contribution in [1.82, 2.24) is 0 Å². The fraction of sp³-hybridized carbons (Fsp3) is 0.462. The number of hydrogen-bond donors (Lipinski definition) is 0. The molecule has 0 aliphatic rings. The van der Waals surface area contributed by atoms with Gasteiger partial charge in [0.25, 0.3) is 0 Å². The fourth-order valence-corrected chi connectivity index (χ4v) is 1.39. The molecule has 0 N–H and O–H groups in total. The highest BCUT2D eigenvalue weighted by atomic mass is 19.1. The summed E-state index contributed by atoms with van der Waals surface area (Å²) < 4.78 is 18.8. The second-order valence-electron chi connectivity index (χ2n) is 4.12. The third kappa shape index (κ3) is 4.04. The van der Waals surface area contributed by atoms with Crippen molar-refractivity contribution in [3.63, 3.8) is 0 Å². The Hall–Kier alpha value is -1.60. The highest BCUT2D eigenvalue weighted by Crippen LogP contribution is 2.16. The monoisotopic (exact) mass is 236 g/mol. The quantitative estimate of drug-likeness (QED) is 0.788. The summed E-state index contributed by atoms with van der Waals surface area (Å²) in [4.78, 5) is 1.90. The lowest BCUT2D eigenvalue weighted by molar-refractivity contribution is 0.0846. The standard InChI is InChI=1S/C13H17FN2O/c1-10(2)17-7-6-16(3)12-5-4-11(9-15)13(14)8-12/h4-5,8,10H,6-7H2,1-3H3. The predicted molar refractivity (Wildman–Crippen MR) is 65.5 cm³/mol. The summed E-state index contributed by atoms with van der Waals surface area (Å²) in [6.45, 7) is 5.22. The van der Waals surface area contributed by atoms with Gasteiger partial charge in [-0.25, -0.2) is 4.39 Å². The van der Waals surface area contributed by atoms with Crippen molar-refractivity contribution in [2.75, 3.05) is 25.1 Å². The topological polar surface area (TPSA) is 36.3 Å². The molecule has 0 aromatic heterocycles. The number of anilines is 1. The molecule has 0 spiro atoms. The van der Waals surface area contributed by atoms with Crippen molar-refractivity contribution in [1.29, 1.82) is 5.26 Å². The minimum absolute atomic E-state index is 0.0700. The highest BCUT2D eigenvalue weighted by molar-refractivity contribution is 5.49. The van der Waals surface area contributed by atoms with Crippen LogP contribution in [0, 0.1) is 17.1 Å². The fourth-order valence-electron chi connectivity index (χ4n) is 1.39. The number of ether oxygens (including phenoxy) is 1. The molecule has 0 unspecified atom stereocenters. The maximum atomic E-state index is 13.4. The lowest BCUT2D eigenvalue weighted by atomic mass is 10.2. The average Bonchev–Trinajstić information content (AvgIpc) is 2.28. The van der Waals surface area contributed by atoms with Crippen LogP contribution in [0.5, 0.6) is 0 Å². The zero-order valence-electron chi connectivity index (χ0n) is 10.4. The smallest absolute Gasteiger partial charge is 0.143 e. The first-order valence-electron chi connectivity index (χ1n) is 5.57. The van der Waals surface area contributed by atoms with Gasteiger partial charge in [0.1, 0.15) is 11.9 Å². The van der Waals surface area contributed by atoms with Crippen LogP contribution in [-0.2, 0) is 4.74 Å². The number of rotatable bonds is 5. The van der Waals surface area contributed by atoms with Gasteiger partial charge in [-0.2, -0.15) is 5.26 Å². The first-order chi connectivity index (χ1) is 8.04. The van der Waals surface area contributed by atoms with Gasteiger partial charge < -0.3 is 9.64 Å². The molecular weight excluding hydrogens is 219 g/mol. The van der Waals surface area contributed by atoms with E-state index in [-0.39, 0.29) is 11.7 Å². The summed E-state index contributed by atoms with van der Waals surface area (Å²) in [6, 6.07) is 6.39. The van der Waals surface area contributed by atoms with Crippen LogP contribution >= 0.6 is 0 Å². The zero-order valence-corrected chi connectivity index (χ0v) is 10.4. The number of nitrogens with zero attached hydrogens (tertiary/aromatic N) is 2. The number of benzene rings is 1. The summed E-state index contributed by atoms with van der Waals surface area (Å²) >= 11 is 0. The van der Waals surface area contributed by atoms with E-state index >= 15 is 0 Å². The van der Waals surface area contributed by atoms with Gasteiger partial charge in [-0.3, -0.25) is 0 Å². The van der Waals surface area contributed by atoms with E-state index in [1.807, 2.05) is 25.8 Å². The Morgan fingerprint density at radius 1 is 1.47 bits per heavy atom. The minimum atomic E-state index is -0.485. The molecule has 0 aliphatic heterocycles. The van der Waals surface area contributed by atoms with E-state index in [0.717, 1.165) is 5.69 Å². The Morgan fingerprint density at radius 2 is 2.18 bits per heavy atom. The number of hydrogen-bond acceptors (Lipinski definition) is 3. The Bertz CT molecular complexity index is 412. The summed E-state index contributed by atoms with van der Waals surface area (Å²) in [7, 11) is 1.87. The van der Waals surface area contributed by atoms with Crippen molar-refractivity contribution in [2.45, 2.75) is 20.0 Å². The van der Waals surface area contributed by atoms with Crippen LogP contribution in [0.2, 0.25) is 0 Å². The molecule has 0 radical (unpaired) electrons. The van der Waals surface area contributed by atoms with Crippen LogP contribution in [-0.4, -0.2) is 26.3 Å². The number of likely N-dealkylation sites (N-methyl/N-ethyl adjacent to an activating group) is 1. The van der Waals surface area contributed by atoms with E-state index in [2.05, 4.69) is 0 Å². The van der Waals surface area contributed by atoms with Crippen LogP contribution < -0.4 is 4.90 Å². The lowest BCUT2D eigenvalue weighted by Crippen LogP contribution is -2.24. The molecule has 0 amide bonds. The van der Waals surface area contributed by atoms with E-state index in [1.54, 1.807) is 12.1 Å². The van der Waals surface area contributed by atoms with Gasteiger partial charge in [0.05, 0.1) is 18.3 Å². The molecule has 3 nitrogen and oxygen atoms in total. The van der Waals surface area contributed by atoms with E-state index in [0.29, 0.717) is 13.2 Å². The van der Waals surface area contributed by atoms with Gasteiger partial charge in [0.2, 0.25) is 0 Å². The van der Waals surface area contributed by atoms with E-state index in [4.69, 9.17) is 10.00 Å². The third-order valence-electron chi connectivity index (χ3n) is 2.39. The maximum Gasteiger partial charge on any atom is 0.143 e. The summed E-state index contributed by atoms with van der Waals surface area (Å²) in [5.41, 5.74) is 0.814. The van der Waals surface area contributed by atoms with Gasteiger partial charge in [-0.05, 0) is 32.0 Å². The second kappa shape index (κ2) is 6.21. The lowest BCUT2D eigenvalue weighted by Gasteiger charge is -2.20. The van der Waals surface area contributed by atoms with Crippen LogP contribution in [0.1, 0.15) is 19.4 Å². The highest BCUT2D eigenvalue weighted by Gasteiger charge is 2.06. The molecule has 0 aliphatic carbocycles. The molecule has 0 bridgehead atoms. The second-order valence-corrected chi connectivity index (χ2v) is 4.12. The van der Waals surface area contributed by atoms with Gasteiger partial charge in [0, 0.05) is 19.3 Å². The maximum absolute atomic E-state index is 13.4. The third-order valence-corrected chi connectivity index (χ3v) is 2.39. The molecular formula is C13H17FN2O. The molecule has 1 aromatic rings. The molecule has 0 saturated carbocycles. The molecule has 0 saturated heterocycles. The molecule has 17 heavy (non-hydrogen) atoms.